The summed E-state index contributed by atoms with van der Waals surface area (Å²) in [5.74, 6) is 0. The Morgan fingerprint density at radius 3 is 1.65 bits per heavy atom. The molecule has 0 fully saturated rings. The van der Waals surface area contributed by atoms with Crippen LogP contribution in [0.1, 0.15) is 30.9 Å². The van der Waals surface area contributed by atoms with Crippen molar-refractivity contribution in [2.45, 2.75) is 33.6 Å². The van der Waals surface area contributed by atoms with E-state index in [2.05, 4.69) is 69.3 Å². The van der Waals surface area contributed by atoms with Gasteiger partial charge in [0, 0.05) is 6.61 Å². The molecular formula is C18H23BO. The van der Waals surface area contributed by atoms with Gasteiger partial charge in [0.1, 0.15) is 0 Å². The van der Waals surface area contributed by atoms with Gasteiger partial charge in [0.25, 0.3) is 0 Å². The Labute approximate surface area is 123 Å². The zero-order valence-corrected chi connectivity index (χ0v) is 12.7. The molecule has 0 bridgehead atoms. The Hall–Kier alpha value is -1.54. The topological polar surface area (TPSA) is 9.23 Å². The molecule has 0 radical (unpaired) electrons. The summed E-state index contributed by atoms with van der Waals surface area (Å²) in [5, 5.41) is 0. The van der Waals surface area contributed by atoms with Crippen molar-refractivity contribution in [3.63, 3.8) is 0 Å². The first-order chi connectivity index (χ1) is 9.70. The van der Waals surface area contributed by atoms with Crippen molar-refractivity contribution >= 4 is 17.8 Å². The molecule has 0 aliphatic heterocycles. The zero-order chi connectivity index (χ0) is 14.4. The van der Waals surface area contributed by atoms with Crippen LogP contribution in [-0.4, -0.2) is 13.5 Å². The average molecular weight is 266 g/mol. The van der Waals surface area contributed by atoms with Gasteiger partial charge in [0.2, 0.25) is 0 Å². The zero-order valence-electron chi connectivity index (χ0n) is 12.7. The molecule has 0 aliphatic carbocycles. The molecule has 20 heavy (non-hydrogen) atoms. The second-order valence-corrected chi connectivity index (χ2v) is 5.43. The van der Waals surface area contributed by atoms with Crippen LogP contribution in [0.25, 0.3) is 0 Å². The molecule has 2 aromatic rings. The third-order valence-corrected chi connectivity index (χ3v) is 3.54. The van der Waals surface area contributed by atoms with E-state index in [1.807, 2.05) is 0 Å². The van der Waals surface area contributed by atoms with Gasteiger partial charge in [-0.1, -0.05) is 73.0 Å². The Morgan fingerprint density at radius 1 is 0.800 bits per heavy atom. The second-order valence-electron chi connectivity index (χ2n) is 5.43. The van der Waals surface area contributed by atoms with Crippen molar-refractivity contribution in [1.82, 2.24) is 0 Å². The van der Waals surface area contributed by atoms with Crippen LogP contribution in [0.5, 0.6) is 0 Å². The molecule has 2 rings (SSSR count). The lowest BCUT2D eigenvalue weighted by atomic mass is 9.55. The quantitative estimate of drug-likeness (QED) is 0.576. The molecule has 1 nitrogen and oxygen atoms in total. The van der Waals surface area contributed by atoms with Crippen molar-refractivity contribution in [3.8, 4) is 0 Å². The van der Waals surface area contributed by atoms with Gasteiger partial charge < -0.3 is 4.65 Å². The fourth-order valence-corrected chi connectivity index (χ4v) is 2.21. The van der Waals surface area contributed by atoms with Gasteiger partial charge in [-0.25, -0.2) is 0 Å². The molecule has 0 spiro atoms. The number of rotatable bonds is 6. The third-order valence-electron chi connectivity index (χ3n) is 3.54. The summed E-state index contributed by atoms with van der Waals surface area (Å²) < 4.78 is 6.13. The lowest BCUT2D eigenvalue weighted by molar-refractivity contribution is 0.324. The van der Waals surface area contributed by atoms with Crippen molar-refractivity contribution < 1.29 is 4.65 Å². The first-order valence-corrected chi connectivity index (χ1v) is 7.45. The minimum Gasteiger partial charge on any atom is -0.427 e. The van der Waals surface area contributed by atoms with E-state index in [4.69, 9.17) is 4.65 Å². The van der Waals surface area contributed by atoms with E-state index in [1.165, 1.54) is 22.1 Å². The van der Waals surface area contributed by atoms with Gasteiger partial charge in [-0.05, 0) is 31.2 Å². The van der Waals surface area contributed by atoms with Gasteiger partial charge in [0.15, 0.2) is 0 Å². The summed E-state index contributed by atoms with van der Waals surface area (Å²) in [4.78, 5) is 0. The van der Waals surface area contributed by atoms with Crippen LogP contribution in [0.15, 0.2) is 48.5 Å². The SMILES string of the molecule is CCCCOB(c1ccc(C)cc1)c1ccc(C)cc1. The van der Waals surface area contributed by atoms with Crippen LogP contribution < -0.4 is 10.9 Å². The number of hydrogen-bond donors (Lipinski definition) is 0. The number of hydrogen-bond acceptors (Lipinski definition) is 1. The highest BCUT2D eigenvalue weighted by Gasteiger charge is 2.20. The Morgan fingerprint density at radius 2 is 1.25 bits per heavy atom. The minimum absolute atomic E-state index is 0.0442. The molecule has 0 amide bonds. The molecule has 0 aromatic heterocycles. The lowest BCUT2D eigenvalue weighted by Crippen LogP contribution is -2.45. The first kappa shape index (κ1) is 14.9. The van der Waals surface area contributed by atoms with E-state index >= 15 is 0 Å². The smallest absolute Gasteiger partial charge is 0.361 e. The van der Waals surface area contributed by atoms with Crippen molar-refractivity contribution in [3.05, 3.63) is 59.7 Å². The molecular weight excluding hydrogens is 243 g/mol. The summed E-state index contributed by atoms with van der Waals surface area (Å²) in [6.45, 7) is 7.27. The van der Waals surface area contributed by atoms with Crippen LogP contribution in [0.2, 0.25) is 0 Å². The van der Waals surface area contributed by atoms with Gasteiger partial charge in [-0.2, -0.15) is 0 Å². The molecule has 0 saturated heterocycles. The lowest BCUT2D eigenvalue weighted by Gasteiger charge is -2.15. The molecule has 0 unspecified atom stereocenters. The molecule has 0 aliphatic rings. The van der Waals surface area contributed by atoms with Crippen LogP contribution in [0.4, 0.5) is 0 Å². The summed E-state index contributed by atoms with van der Waals surface area (Å²) in [6.07, 6.45) is 2.27. The summed E-state index contributed by atoms with van der Waals surface area (Å²) in [5.41, 5.74) is 5.03. The molecule has 0 N–H and O–H groups in total. The highest BCUT2D eigenvalue weighted by Crippen LogP contribution is 2.01. The second kappa shape index (κ2) is 7.30. The largest absolute Gasteiger partial charge is 0.427 e. The molecule has 2 heteroatoms. The van der Waals surface area contributed by atoms with Gasteiger partial charge in [-0.3, -0.25) is 0 Å². The Kier molecular flexibility index (Phi) is 5.43. The van der Waals surface area contributed by atoms with E-state index in [-0.39, 0.29) is 6.92 Å². The van der Waals surface area contributed by atoms with Crippen molar-refractivity contribution in [2.24, 2.45) is 0 Å². The van der Waals surface area contributed by atoms with Gasteiger partial charge in [-0.15, -0.1) is 0 Å². The monoisotopic (exact) mass is 266 g/mol. The summed E-state index contributed by atoms with van der Waals surface area (Å²) in [6, 6.07) is 17.3. The van der Waals surface area contributed by atoms with E-state index < -0.39 is 0 Å². The van der Waals surface area contributed by atoms with Gasteiger partial charge >= 0.3 is 6.92 Å². The van der Waals surface area contributed by atoms with Crippen molar-refractivity contribution in [1.29, 1.82) is 0 Å². The predicted octanol–water partition coefficient (Wildman–Crippen LogP) is 3.23. The van der Waals surface area contributed by atoms with E-state index in [1.54, 1.807) is 0 Å². The molecule has 0 atom stereocenters. The Bertz CT molecular complexity index is 471. The fourth-order valence-electron chi connectivity index (χ4n) is 2.21. The van der Waals surface area contributed by atoms with E-state index in [0.717, 1.165) is 19.4 Å². The average Bonchev–Trinajstić information content (AvgIpc) is 2.46. The molecule has 104 valence electrons. The molecule has 2 aromatic carbocycles. The third kappa shape index (κ3) is 3.98. The van der Waals surface area contributed by atoms with E-state index in [0.29, 0.717) is 0 Å². The number of aryl methyl sites for hydroxylation is 2. The van der Waals surface area contributed by atoms with Crippen molar-refractivity contribution in [2.75, 3.05) is 6.61 Å². The highest BCUT2D eigenvalue weighted by molar-refractivity contribution is 6.80. The number of benzene rings is 2. The molecule has 0 heterocycles. The first-order valence-electron chi connectivity index (χ1n) is 7.45. The van der Waals surface area contributed by atoms with E-state index in [9.17, 15) is 0 Å². The maximum Gasteiger partial charge on any atom is 0.361 e. The van der Waals surface area contributed by atoms with Crippen LogP contribution in [0.3, 0.4) is 0 Å². The van der Waals surface area contributed by atoms with Crippen LogP contribution in [-0.2, 0) is 4.65 Å². The standard InChI is InChI=1S/C18H23BO/c1-4-5-14-20-19(17-10-6-15(2)7-11-17)18-12-8-16(3)9-13-18/h6-13H,4-5,14H2,1-3H3. The fraction of sp³-hybridized carbons (Fsp3) is 0.333. The Balaban J connectivity index is 2.23. The summed E-state index contributed by atoms with van der Waals surface area (Å²) >= 11 is 0. The summed E-state index contributed by atoms with van der Waals surface area (Å²) in [7, 11) is 0. The predicted molar refractivity (Wildman–Crippen MR) is 88.2 cm³/mol. The van der Waals surface area contributed by atoms with Crippen LogP contribution in [0, 0.1) is 13.8 Å². The minimum atomic E-state index is 0.0442. The number of unbranched alkanes of at least 4 members (excludes halogenated alkanes) is 1. The maximum atomic E-state index is 6.13. The maximum absolute atomic E-state index is 6.13. The molecule has 0 saturated carbocycles. The highest BCUT2D eigenvalue weighted by atomic mass is 16.4. The van der Waals surface area contributed by atoms with Crippen LogP contribution >= 0.6 is 0 Å². The van der Waals surface area contributed by atoms with Gasteiger partial charge in [0.05, 0.1) is 0 Å². The normalized spacial score (nSPS) is 10.6.